The van der Waals surface area contributed by atoms with E-state index in [4.69, 9.17) is 27.9 Å². The maximum absolute atomic E-state index is 12.4. The molecule has 0 spiro atoms. The van der Waals surface area contributed by atoms with Crippen LogP contribution in [0.25, 0.3) is 21.8 Å². The Morgan fingerprint density at radius 2 is 1.73 bits per heavy atom. The lowest BCUT2D eigenvalue weighted by Crippen LogP contribution is -2.28. The smallest absolute Gasteiger partial charge is 0.497 e. The van der Waals surface area contributed by atoms with Crippen LogP contribution in [0.5, 0.6) is 11.5 Å². The maximum Gasteiger partial charge on any atom is 0.534 e. The van der Waals surface area contributed by atoms with Crippen molar-refractivity contribution >= 4 is 55.1 Å². The number of alkyl halides is 3. The molecule has 0 aliphatic heterocycles. The van der Waals surface area contributed by atoms with Gasteiger partial charge in [0.1, 0.15) is 15.8 Å². The van der Waals surface area contributed by atoms with Crippen molar-refractivity contribution in [3.05, 3.63) is 75.1 Å². The van der Waals surface area contributed by atoms with Crippen molar-refractivity contribution in [3.8, 4) is 11.5 Å². The van der Waals surface area contributed by atoms with Crippen molar-refractivity contribution in [1.29, 1.82) is 0 Å². The average Bonchev–Trinajstić information content (AvgIpc) is 2.76. The minimum Gasteiger partial charge on any atom is -0.497 e. The minimum atomic E-state index is -5.84. The number of hydrogen-bond acceptors (Lipinski definition) is 6. The number of nitrogens with one attached hydrogen (secondary N) is 1. The van der Waals surface area contributed by atoms with Gasteiger partial charge >= 0.3 is 15.6 Å². The van der Waals surface area contributed by atoms with Crippen LogP contribution in [0.15, 0.2) is 59.5 Å². The van der Waals surface area contributed by atoms with E-state index in [0.717, 1.165) is 17.1 Å². The first kappa shape index (κ1) is 24.6. The number of methoxy groups -OCH3 is 1. The Hall–Kier alpha value is -3.02. The highest BCUT2D eigenvalue weighted by molar-refractivity contribution is 7.88. The lowest BCUT2D eigenvalue weighted by molar-refractivity contribution is -0.0499. The summed E-state index contributed by atoms with van der Waals surface area (Å²) < 4.78 is 68.5. The number of H-pyrrole nitrogens is 1. The molecule has 0 saturated heterocycles. The first-order valence-electron chi connectivity index (χ1n) is 8.83. The van der Waals surface area contributed by atoms with Crippen LogP contribution in [0.2, 0.25) is 10.0 Å². The maximum atomic E-state index is 12.4. The van der Waals surface area contributed by atoms with Gasteiger partial charge in [0.2, 0.25) is 0 Å². The lowest BCUT2D eigenvalue weighted by Gasteiger charge is -2.13. The highest BCUT2D eigenvalue weighted by Gasteiger charge is 2.49. The van der Waals surface area contributed by atoms with Gasteiger partial charge in [-0.3, -0.25) is 9.78 Å². The Morgan fingerprint density at radius 1 is 1.03 bits per heavy atom. The molecule has 0 bridgehead atoms. The van der Waals surface area contributed by atoms with E-state index in [1.165, 1.54) is 25.3 Å². The summed E-state index contributed by atoms with van der Waals surface area (Å²) >= 11 is 11.3. The van der Waals surface area contributed by atoms with E-state index in [1.807, 2.05) is 24.3 Å². The average molecular weight is 521 g/mol. The Bertz CT molecular complexity index is 1490. The van der Waals surface area contributed by atoms with Crippen molar-refractivity contribution in [2.75, 3.05) is 7.11 Å². The van der Waals surface area contributed by atoms with Gasteiger partial charge in [0.25, 0.3) is 5.56 Å². The monoisotopic (exact) mass is 520 g/mol. The number of rotatable bonds is 3. The molecule has 33 heavy (non-hydrogen) atoms. The molecule has 0 unspecified atom stereocenters. The number of hydrogen-bond donors (Lipinski definition) is 1. The summed E-state index contributed by atoms with van der Waals surface area (Å²) in [5, 5.41) is 0.786. The summed E-state index contributed by atoms with van der Waals surface area (Å²) in [4.78, 5) is 17.6. The number of ether oxygens (including phenoxy) is 1. The second kappa shape index (κ2) is 9.46. The number of aromatic amines is 1. The summed E-state index contributed by atoms with van der Waals surface area (Å²) in [7, 11) is -4.50. The molecule has 174 valence electrons. The number of aromatic nitrogens is 2. The Kier molecular flexibility index (Phi) is 7.06. The SMILES string of the molecule is COc1ccc2ncc(Cl)c(OS(=O)(=O)C(F)(F)F)c2c1.O=c1[nH]c2ccccc2cc1Cl. The second-order valence-electron chi connectivity index (χ2n) is 6.34. The van der Waals surface area contributed by atoms with Crippen molar-refractivity contribution in [2.24, 2.45) is 0 Å². The number of para-hydroxylation sites is 1. The van der Waals surface area contributed by atoms with Crippen LogP contribution >= 0.6 is 23.2 Å². The molecule has 13 heteroatoms. The van der Waals surface area contributed by atoms with Gasteiger partial charge in [-0.2, -0.15) is 21.6 Å². The summed E-state index contributed by atoms with van der Waals surface area (Å²) in [6.45, 7) is 0. The molecule has 4 rings (SSSR count). The number of halogens is 5. The molecule has 4 aromatic rings. The Morgan fingerprint density at radius 3 is 2.39 bits per heavy atom. The summed E-state index contributed by atoms with van der Waals surface area (Å²) in [5.41, 5.74) is -4.79. The molecule has 0 saturated carbocycles. The quantitative estimate of drug-likeness (QED) is 0.290. The molecular formula is C20H13Cl2F3N2O5S. The molecule has 2 heterocycles. The standard InChI is InChI=1S/C11H7ClF3NO4S.C9H6ClNO/c1-19-6-2-3-9-7(4-6)10(8(12)5-16-9)20-21(17,18)11(13,14)15;10-7-5-6-3-1-2-4-8(6)11-9(7)12/h2-5H,1H3;1-5H,(H,11,12). The largest absolute Gasteiger partial charge is 0.534 e. The van der Waals surface area contributed by atoms with Crippen LogP contribution in [-0.2, 0) is 10.1 Å². The molecule has 0 radical (unpaired) electrons. The molecule has 0 aliphatic carbocycles. The fraction of sp³-hybridized carbons (Fsp3) is 0.100. The van der Waals surface area contributed by atoms with Crippen molar-refractivity contribution in [2.45, 2.75) is 5.51 Å². The molecular weight excluding hydrogens is 508 g/mol. The van der Waals surface area contributed by atoms with E-state index < -0.39 is 21.4 Å². The number of benzene rings is 2. The van der Waals surface area contributed by atoms with Crippen molar-refractivity contribution < 1.29 is 30.5 Å². The van der Waals surface area contributed by atoms with Gasteiger partial charge < -0.3 is 13.9 Å². The van der Waals surface area contributed by atoms with Crippen LogP contribution in [0.1, 0.15) is 0 Å². The lowest BCUT2D eigenvalue weighted by atomic mass is 10.2. The van der Waals surface area contributed by atoms with E-state index in [1.54, 1.807) is 6.07 Å². The first-order valence-corrected chi connectivity index (χ1v) is 11.0. The van der Waals surface area contributed by atoms with E-state index in [0.29, 0.717) is 0 Å². The molecule has 0 atom stereocenters. The fourth-order valence-corrected chi connectivity index (χ4v) is 3.51. The molecule has 1 N–H and O–H groups in total. The molecule has 0 aliphatic rings. The van der Waals surface area contributed by atoms with Gasteiger partial charge in [0.15, 0.2) is 5.75 Å². The van der Waals surface area contributed by atoms with Gasteiger partial charge in [0, 0.05) is 10.9 Å². The third-order valence-corrected chi connectivity index (χ3v) is 5.67. The highest BCUT2D eigenvalue weighted by atomic mass is 35.5. The van der Waals surface area contributed by atoms with Gasteiger partial charge in [-0.25, -0.2) is 0 Å². The van der Waals surface area contributed by atoms with E-state index >= 15 is 0 Å². The predicted molar refractivity (Wildman–Crippen MR) is 118 cm³/mol. The normalized spacial score (nSPS) is 11.7. The zero-order valence-corrected chi connectivity index (χ0v) is 18.8. The molecule has 2 aromatic heterocycles. The predicted octanol–water partition coefficient (Wildman–Crippen LogP) is 5.31. The van der Waals surface area contributed by atoms with Gasteiger partial charge in [0.05, 0.1) is 18.8 Å². The summed E-state index contributed by atoms with van der Waals surface area (Å²) in [6.07, 6.45) is 0.998. The molecule has 0 amide bonds. The zero-order chi connectivity index (χ0) is 24.4. The molecule has 0 fully saturated rings. The van der Waals surface area contributed by atoms with E-state index in [9.17, 15) is 26.4 Å². The molecule has 2 aromatic carbocycles. The molecule has 7 nitrogen and oxygen atoms in total. The summed E-state index contributed by atoms with van der Waals surface area (Å²) in [5.74, 6) is -0.376. The third-order valence-electron chi connectivity index (χ3n) is 4.17. The van der Waals surface area contributed by atoms with E-state index in [2.05, 4.69) is 14.2 Å². The topological polar surface area (TPSA) is 98.3 Å². The van der Waals surface area contributed by atoms with Crippen LogP contribution < -0.4 is 14.5 Å². The minimum absolute atomic E-state index is 0.0188. The number of pyridine rings is 2. The van der Waals surface area contributed by atoms with Crippen LogP contribution in [0.4, 0.5) is 13.2 Å². The van der Waals surface area contributed by atoms with Crippen LogP contribution in [-0.4, -0.2) is 31.0 Å². The van der Waals surface area contributed by atoms with E-state index in [-0.39, 0.29) is 32.3 Å². The van der Waals surface area contributed by atoms with Gasteiger partial charge in [-0.05, 0) is 35.7 Å². The third kappa shape index (κ3) is 5.49. The zero-order valence-electron chi connectivity index (χ0n) is 16.5. The fourth-order valence-electron chi connectivity index (χ4n) is 2.61. The van der Waals surface area contributed by atoms with Crippen LogP contribution in [0.3, 0.4) is 0 Å². The number of nitrogens with zero attached hydrogens (tertiary/aromatic N) is 1. The van der Waals surface area contributed by atoms with Gasteiger partial charge in [-0.15, -0.1) is 0 Å². The first-order chi connectivity index (χ1) is 15.4. The summed E-state index contributed by atoms with van der Waals surface area (Å²) in [6, 6.07) is 13.4. The van der Waals surface area contributed by atoms with Crippen molar-refractivity contribution in [1.82, 2.24) is 9.97 Å². The number of fused-ring (bicyclic) bond motifs is 2. The second-order valence-corrected chi connectivity index (χ2v) is 8.69. The Labute approximate surface area is 194 Å². The van der Waals surface area contributed by atoms with Crippen molar-refractivity contribution in [3.63, 3.8) is 0 Å². The van der Waals surface area contributed by atoms with Gasteiger partial charge in [-0.1, -0.05) is 41.4 Å². The van der Waals surface area contributed by atoms with Crippen LogP contribution in [0, 0.1) is 0 Å². The Balaban J connectivity index is 0.000000215. The highest BCUT2D eigenvalue weighted by Crippen LogP contribution is 2.37.